The maximum atomic E-state index is 13.0. The third-order valence-electron chi connectivity index (χ3n) is 4.01. The molecule has 0 spiro atoms. The Morgan fingerprint density at radius 2 is 1.89 bits per heavy atom. The van der Waals surface area contributed by atoms with Crippen LogP contribution in [0.3, 0.4) is 0 Å². The zero-order valence-electron chi connectivity index (χ0n) is 15.1. The second-order valence-electron chi connectivity index (χ2n) is 6.10. The number of aryl methyl sites for hydroxylation is 1. The van der Waals surface area contributed by atoms with Gasteiger partial charge in [-0.3, -0.25) is 9.78 Å². The van der Waals surface area contributed by atoms with Gasteiger partial charge in [0, 0.05) is 18.9 Å². The molecule has 0 saturated heterocycles. The zero-order valence-corrected chi connectivity index (χ0v) is 15.1. The van der Waals surface area contributed by atoms with Gasteiger partial charge in [0.05, 0.1) is 24.0 Å². The van der Waals surface area contributed by atoms with Crippen LogP contribution in [0.25, 0.3) is 0 Å². The molecule has 27 heavy (non-hydrogen) atoms. The van der Waals surface area contributed by atoms with Gasteiger partial charge in [-0.05, 0) is 48.4 Å². The summed E-state index contributed by atoms with van der Waals surface area (Å²) in [5.74, 6) is 0.0370. The first-order chi connectivity index (χ1) is 13.0. The van der Waals surface area contributed by atoms with E-state index in [1.807, 2.05) is 25.1 Å². The van der Waals surface area contributed by atoms with E-state index in [1.165, 1.54) is 18.3 Å². The number of carbonyl (C=O) groups is 1. The molecule has 0 aliphatic carbocycles. The molecule has 0 saturated carbocycles. The number of methoxy groups -OCH3 is 1. The number of ether oxygens (including phenoxy) is 1. The van der Waals surface area contributed by atoms with Crippen molar-refractivity contribution in [2.45, 2.75) is 13.5 Å². The van der Waals surface area contributed by atoms with E-state index in [1.54, 1.807) is 31.5 Å². The number of carbonyl (C=O) groups excluding carboxylic acids is 1. The lowest BCUT2D eigenvalue weighted by molar-refractivity contribution is 0.102. The van der Waals surface area contributed by atoms with E-state index in [4.69, 9.17) is 4.74 Å². The third-order valence-corrected chi connectivity index (χ3v) is 4.01. The highest BCUT2D eigenvalue weighted by molar-refractivity contribution is 6.05. The van der Waals surface area contributed by atoms with Gasteiger partial charge in [0.1, 0.15) is 11.6 Å². The highest BCUT2D eigenvalue weighted by Gasteiger charge is 2.11. The summed E-state index contributed by atoms with van der Waals surface area (Å²) in [5, 5.41) is 6.03. The number of pyridine rings is 1. The van der Waals surface area contributed by atoms with Crippen LogP contribution < -0.4 is 15.4 Å². The number of anilines is 2. The van der Waals surface area contributed by atoms with Crippen molar-refractivity contribution in [1.82, 2.24) is 4.98 Å². The molecule has 0 radical (unpaired) electrons. The Labute approximate surface area is 157 Å². The van der Waals surface area contributed by atoms with E-state index in [0.717, 1.165) is 11.1 Å². The van der Waals surface area contributed by atoms with Gasteiger partial charge in [0.2, 0.25) is 0 Å². The molecular formula is C21H20FN3O2. The van der Waals surface area contributed by atoms with Crippen LogP contribution in [0, 0.1) is 12.7 Å². The van der Waals surface area contributed by atoms with Gasteiger partial charge in [-0.1, -0.05) is 18.2 Å². The molecule has 0 bridgehead atoms. The molecule has 6 heteroatoms. The van der Waals surface area contributed by atoms with Crippen molar-refractivity contribution in [1.29, 1.82) is 0 Å². The van der Waals surface area contributed by atoms with E-state index in [-0.39, 0.29) is 11.7 Å². The Hall–Kier alpha value is -3.41. The van der Waals surface area contributed by atoms with Gasteiger partial charge in [0.15, 0.2) is 0 Å². The molecule has 1 heterocycles. The number of amides is 1. The van der Waals surface area contributed by atoms with Gasteiger partial charge in [-0.15, -0.1) is 0 Å². The van der Waals surface area contributed by atoms with Gasteiger partial charge >= 0.3 is 0 Å². The highest BCUT2D eigenvalue weighted by atomic mass is 19.1. The zero-order chi connectivity index (χ0) is 19.2. The van der Waals surface area contributed by atoms with Crippen molar-refractivity contribution in [3.05, 3.63) is 83.4 Å². The number of halogens is 1. The summed E-state index contributed by atoms with van der Waals surface area (Å²) in [4.78, 5) is 16.7. The molecule has 0 atom stereocenters. The van der Waals surface area contributed by atoms with Crippen LogP contribution in [0.4, 0.5) is 15.8 Å². The summed E-state index contributed by atoms with van der Waals surface area (Å²) in [5.41, 5.74) is 3.66. The van der Waals surface area contributed by atoms with Gasteiger partial charge in [-0.25, -0.2) is 4.39 Å². The predicted molar refractivity (Wildman–Crippen MR) is 104 cm³/mol. The number of nitrogens with zero attached hydrogens (tertiary/aromatic N) is 1. The minimum Gasteiger partial charge on any atom is -0.495 e. The van der Waals surface area contributed by atoms with Crippen molar-refractivity contribution in [2.75, 3.05) is 17.7 Å². The van der Waals surface area contributed by atoms with Crippen molar-refractivity contribution < 1.29 is 13.9 Å². The molecule has 5 nitrogen and oxygen atoms in total. The lowest BCUT2D eigenvalue weighted by Crippen LogP contribution is -2.13. The first-order valence-corrected chi connectivity index (χ1v) is 8.44. The van der Waals surface area contributed by atoms with Crippen LogP contribution in [0.5, 0.6) is 5.75 Å². The Morgan fingerprint density at radius 1 is 1.11 bits per heavy atom. The smallest absolute Gasteiger partial charge is 0.257 e. The number of hydrogen-bond donors (Lipinski definition) is 2. The molecule has 2 aromatic carbocycles. The summed E-state index contributed by atoms with van der Waals surface area (Å²) in [7, 11) is 1.56. The fourth-order valence-electron chi connectivity index (χ4n) is 2.58. The molecule has 0 unspecified atom stereocenters. The average molecular weight is 365 g/mol. The van der Waals surface area contributed by atoms with Gasteiger partial charge in [0.25, 0.3) is 5.91 Å². The summed E-state index contributed by atoms with van der Waals surface area (Å²) in [6, 6.07) is 13.5. The summed E-state index contributed by atoms with van der Waals surface area (Å²) in [6.45, 7) is 2.44. The predicted octanol–water partition coefficient (Wildman–Crippen LogP) is 4.40. The molecule has 1 amide bonds. The maximum Gasteiger partial charge on any atom is 0.257 e. The van der Waals surface area contributed by atoms with Gasteiger partial charge < -0.3 is 15.4 Å². The van der Waals surface area contributed by atoms with Crippen LogP contribution in [-0.4, -0.2) is 18.0 Å². The Bertz CT molecular complexity index is 942. The first kappa shape index (κ1) is 18.4. The molecule has 0 fully saturated rings. The summed E-state index contributed by atoms with van der Waals surface area (Å²) in [6.07, 6.45) is 3.13. The molecule has 138 valence electrons. The standard InChI is InChI=1S/C21H20FN3O2/c1-14-3-8-20(27-2)19(9-14)25-21(26)16-10-18(13-23-12-16)24-11-15-4-6-17(22)7-5-15/h3-10,12-13,24H,11H2,1-2H3,(H,25,26). The van der Waals surface area contributed by atoms with Crippen molar-refractivity contribution in [2.24, 2.45) is 0 Å². The SMILES string of the molecule is COc1ccc(C)cc1NC(=O)c1cncc(NCc2ccc(F)cc2)c1. The van der Waals surface area contributed by atoms with E-state index in [9.17, 15) is 9.18 Å². The number of nitrogens with one attached hydrogen (secondary N) is 2. The lowest BCUT2D eigenvalue weighted by Gasteiger charge is -2.12. The first-order valence-electron chi connectivity index (χ1n) is 8.44. The topological polar surface area (TPSA) is 63.2 Å². The summed E-state index contributed by atoms with van der Waals surface area (Å²) < 4.78 is 18.3. The van der Waals surface area contributed by atoms with E-state index in [0.29, 0.717) is 29.2 Å². The fourth-order valence-corrected chi connectivity index (χ4v) is 2.58. The molecule has 0 aliphatic rings. The Morgan fingerprint density at radius 3 is 2.63 bits per heavy atom. The minimum atomic E-state index is -0.281. The maximum absolute atomic E-state index is 13.0. The largest absolute Gasteiger partial charge is 0.495 e. The monoisotopic (exact) mass is 365 g/mol. The molecule has 3 aromatic rings. The molecule has 0 aliphatic heterocycles. The number of hydrogen-bond acceptors (Lipinski definition) is 4. The van der Waals surface area contributed by atoms with Crippen molar-refractivity contribution >= 4 is 17.3 Å². The molecular weight excluding hydrogens is 345 g/mol. The minimum absolute atomic E-state index is 0.273. The fraction of sp³-hybridized carbons (Fsp3) is 0.143. The molecule has 1 aromatic heterocycles. The average Bonchev–Trinajstić information content (AvgIpc) is 2.68. The number of benzene rings is 2. The number of aromatic nitrogens is 1. The van der Waals surface area contributed by atoms with Gasteiger partial charge in [-0.2, -0.15) is 0 Å². The van der Waals surface area contributed by atoms with Crippen molar-refractivity contribution in [3.63, 3.8) is 0 Å². The van der Waals surface area contributed by atoms with Crippen LogP contribution in [0.2, 0.25) is 0 Å². The molecule has 2 N–H and O–H groups in total. The van der Waals surface area contributed by atoms with Crippen LogP contribution in [-0.2, 0) is 6.54 Å². The van der Waals surface area contributed by atoms with Crippen LogP contribution in [0.15, 0.2) is 60.9 Å². The quantitative estimate of drug-likeness (QED) is 0.679. The summed E-state index contributed by atoms with van der Waals surface area (Å²) >= 11 is 0. The van der Waals surface area contributed by atoms with E-state index in [2.05, 4.69) is 15.6 Å². The Balaban J connectivity index is 1.70. The van der Waals surface area contributed by atoms with Crippen LogP contribution in [0.1, 0.15) is 21.5 Å². The second-order valence-corrected chi connectivity index (χ2v) is 6.10. The Kier molecular flexibility index (Phi) is 5.66. The van der Waals surface area contributed by atoms with E-state index >= 15 is 0 Å². The lowest BCUT2D eigenvalue weighted by atomic mass is 10.2. The van der Waals surface area contributed by atoms with Crippen LogP contribution >= 0.6 is 0 Å². The van der Waals surface area contributed by atoms with Crippen molar-refractivity contribution in [3.8, 4) is 5.75 Å². The number of rotatable bonds is 6. The third kappa shape index (κ3) is 4.82. The highest BCUT2D eigenvalue weighted by Crippen LogP contribution is 2.26. The van der Waals surface area contributed by atoms with E-state index < -0.39 is 0 Å². The second kappa shape index (κ2) is 8.31. The molecule has 3 rings (SSSR count). The normalized spacial score (nSPS) is 10.3.